The van der Waals surface area contributed by atoms with Crippen LogP contribution < -0.4 is 16.9 Å². The maximum atomic E-state index is 13.2. The number of aromatic hydroxyl groups is 1. The van der Waals surface area contributed by atoms with Crippen LogP contribution in [0.15, 0.2) is 59.6 Å². The van der Waals surface area contributed by atoms with Crippen LogP contribution in [0, 0.1) is 10.1 Å². The van der Waals surface area contributed by atoms with E-state index in [4.69, 9.17) is 11.5 Å². The van der Waals surface area contributed by atoms with Gasteiger partial charge in [0.25, 0.3) is 5.96 Å². The van der Waals surface area contributed by atoms with E-state index in [0.717, 1.165) is 18.4 Å². The lowest BCUT2D eigenvalue weighted by molar-refractivity contribution is -0.525. The molecule has 11 nitrogen and oxygen atoms in total. The Morgan fingerprint density at radius 2 is 1.71 bits per heavy atom. The second kappa shape index (κ2) is 14.2. The molecule has 0 fully saturated rings. The quantitative estimate of drug-likeness (QED) is 0.104. The van der Waals surface area contributed by atoms with Gasteiger partial charge in [-0.05, 0) is 55.4 Å². The summed E-state index contributed by atoms with van der Waals surface area (Å²) >= 11 is 0. The Hall–Kier alpha value is -4.15. The lowest BCUT2D eigenvalue weighted by atomic mass is 10.0. The Bertz CT molecular complexity index is 997. The molecule has 11 heteroatoms. The van der Waals surface area contributed by atoms with Crippen molar-refractivity contribution in [3.05, 3.63) is 75.8 Å². The lowest BCUT2D eigenvalue weighted by Crippen LogP contribution is -2.47. The predicted octanol–water partition coefficient (Wildman–Crippen LogP) is 1.86. The van der Waals surface area contributed by atoms with Gasteiger partial charge in [0.15, 0.2) is 5.03 Å². The van der Waals surface area contributed by atoms with E-state index in [1.165, 1.54) is 22.6 Å². The summed E-state index contributed by atoms with van der Waals surface area (Å²) in [5, 5.41) is 19.1. The molecule has 0 aliphatic carbocycles. The van der Waals surface area contributed by atoms with E-state index >= 15 is 0 Å². The molecule has 0 heterocycles. The third kappa shape index (κ3) is 10.1. The van der Waals surface area contributed by atoms with Crippen LogP contribution in [0.1, 0.15) is 43.2 Å². The Balaban J connectivity index is 2.04. The fourth-order valence-corrected chi connectivity index (χ4v) is 3.63. The molecule has 0 saturated heterocycles. The number of nitrogens with one attached hydrogen (secondary N) is 1. The average Bonchev–Trinajstić information content (AvgIpc) is 2.82. The average molecular weight is 485 g/mol. The number of hydrazine groups is 1. The van der Waals surface area contributed by atoms with Gasteiger partial charge in [-0.15, -0.1) is 0 Å². The van der Waals surface area contributed by atoms with Gasteiger partial charge in [0, 0.05) is 19.5 Å². The number of nitro groups is 1. The van der Waals surface area contributed by atoms with Gasteiger partial charge in [0.2, 0.25) is 11.8 Å². The number of nitrogens with two attached hydrogens (primary N) is 2. The monoisotopic (exact) mass is 484 g/mol. The van der Waals surface area contributed by atoms with Crippen molar-refractivity contribution < 1.29 is 19.7 Å². The zero-order valence-electron chi connectivity index (χ0n) is 19.5. The lowest BCUT2D eigenvalue weighted by Gasteiger charge is -2.30. The van der Waals surface area contributed by atoms with Crippen molar-refractivity contribution in [2.24, 2.45) is 16.5 Å². The number of carbonyl (C=O) groups is 2. The molecule has 2 rings (SSSR count). The third-order valence-electron chi connectivity index (χ3n) is 5.39. The van der Waals surface area contributed by atoms with Gasteiger partial charge < -0.3 is 21.5 Å². The van der Waals surface area contributed by atoms with Gasteiger partial charge in [0.05, 0.1) is 0 Å². The number of aryl methyl sites for hydroxylation is 1. The van der Waals surface area contributed by atoms with Crippen LogP contribution in [0.4, 0.5) is 0 Å². The smallest absolute Gasteiger partial charge is 0.251 e. The number of aliphatic imine (C=N–C) groups is 1. The van der Waals surface area contributed by atoms with E-state index in [1.54, 1.807) is 17.6 Å². The number of phenolic OH excluding ortho intramolecular Hbond substituents is 1. The topological polar surface area (TPSA) is 177 Å². The second-order valence-electron chi connectivity index (χ2n) is 8.08. The molecule has 2 aromatic carbocycles. The van der Waals surface area contributed by atoms with E-state index in [0.29, 0.717) is 12.8 Å². The summed E-state index contributed by atoms with van der Waals surface area (Å²) in [6.45, 7) is 0.272. The van der Waals surface area contributed by atoms with Crippen LogP contribution in [0.2, 0.25) is 0 Å². The minimum atomic E-state index is -0.884. The van der Waals surface area contributed by atoms with E-state index in [9.17, 15) is 24.8 Å². The van der Waals surface area contributed by atoms with Gasteiger partial charge >= 0.3 is 0 Å². The van der Waals surface area contributed by atoms with Gasteiger partial charge in [-0.2, -0.15) is 0 Å². The molecule has 6 N–H and O–H groups in total. The fourth-order valence-electron chi connectivity index (χ4n) is 3.63. The van der Waals surface area contributed by atoms with Crippen LogP contribution in [-0.4, -0.2) is 45.4 Å². The Morgan fingerprint density at radius 1 is 1.03 bits per heavy atom. The largest absolute Gasteiger partial charge is 0.508 e. The molecule has 188 valence electrons. The molecule has 0 radical (unpaired) electrons. The maximum Gasteiger partial charge on any atom is 0.251 e. The molecule has 35 heavy (non-hydrogen) atoms. The Morgan fingerprint density at radius 3 is 2.34 bits per heavy atom. The molecule has 0 aliphatic heterocycles. The SMILES string of the molecule is NC(=O)[C@@H](CCCN=C(N)N[N+](=O)[O-])N(Cc1ccc(O)cc1)C(=O)CCCCc1ccccc1. The Kier molecular flexibility index (Phi) is 11.0. The number of rotatable bonds is 14. The molecule has 0 unspecified atom stereocenters. The van der Waals surface area contributed by atoms with Crippen molar-refractivity contribution in [2.45, 2.75) is 51.1 Å². The van der Waals surface area contributed by atoms with Gasteiger partial charge in [-0.25, -0.2) is 15.1 Å². The highest BCUT2D eigenvalue weighted by molar-refractivity contribution is 5.86. The van der Waals surface area contributed by atoms with Gasteiger partial charge in [-0.1, -0.05) is 47.9 Å². The van der Waals surface area contributed by atoms with Crippen LogP contribution in [0.3, 0.4) is 0 Å². The molecule has 1 atom stereocenters. The van der Waals surface area contributed by atoms with Crippen molar-refractivity contribution in [2.75, 3.05) is 6.54 Å². The maximum absolute atomic E-state index is 13.2. The number of nitrogens with zero attached hydrogens (tertiary/aromatic N) is 3. The number of phenols is 1. The summed E-state index contributed by atoms with van der Waals surface area (Å²) < 4.78 is 0. The molecule has 0 aliphatic rings. The van der Waals surface area contributed by atoms with Crippen molar-refractivity contribution >= 4 is 17.8 Å². The first-order valence-corrected chi connectivity index (χ1v) is 11.4. The zero-order chi connectivity index (χ0) is 25.6. The van der Waals surface area contributed by atoms with Crippen molar-refractivity contribution in [1.82, 2.24) is 10.3 Å². The minimum Gasteiger partial charge on any atom is -0.508 e. The van der Waals surface area contributed by atoms with Gasteiger partial charge in [0.1, 0.15) is 11.8 Å². The van der Waals surface area contributed by atoms with E-state index in [1.807, 2.05) is 30.3 Å². The highest BCUT2D eigenvalue weighted by atomic mass is 16.7. The number of carbonyl (C=O) groups excluding carboxylic acids is 2. The summed E-state index contributed by atoms with van der Waals surface area (Å²) in [6, 6.07) is 15.5. The van der Waals surface area contributed by atoms with Crippen molar-refractivity contribution in [1.29, 1.82) is 0 Å². The zero-order valence-corrected chi connectivity index (χ0v) is 19.5. The normalized spacial score (nSPS) is 12.1. The molecule has 0 saturated carbocycles. The Labute approximate surface area is 203 Å². The van der Waals surface area contributed by atoms with E-state index < -0.39 is 17.0 Å². The van der Waals surface area contributed by atoms with Crippen molar-refractivity contribution in [3.63, 3.8) is 0 Å². The number of benzene rings is 2. The van der Waals surface area contributed by atoms with Crippen LogP contribution >= 0.6 is 0 Å². The third-order valence-corrected chi connectivity index (χ3v) is 5.39. The first-order chi connectivity index (χ1) is 16.8. The number of primary amides is 1. The molecule has 2 aromatic rings. The molecule has 0 bridgehead atoms. The molecule has 0 aromatic heterocycles. The second-order valence-corrected chi connectivity index (χ2v) is 8.08. The minimum absolute atomic E-state index is 0.0952. The fraction of sp³-hybridized carbons (Fsp3) is 0.375. The molecule has 2 amide bonds. The number of unbranched alkanes of at least 4 members (excludes halogenated alkanes) is 1. The van der Waals surface area contributed by atoms with Crippen LogP contribution in [0.25, 0.3) is 0 Å². The standard InChI is InChI=1S/C24H32N6O5/c25-23(33)21(10-6-16-27-24(26)28-30(34)35)29(17-19-12-14-20(31)15-13-19)22(32)11-5-4-9-18-7-2-1-3-8-18/h1-3,7-8,12-15,21,31H,4-6,9-11,16-17H2,(H2,25,33)(H3,26,27,28)/t21-/m1/s1. The van der Waals surface area contributed by atoms with Gasteiger partial charge in [-0.3, -0.25) is 9.59 Å². The van der Waals surface area contributed by atoms with Crippen LogP contribution in [-0.2, 0) is 22.6 Å². The predicted molar refractivity (Wildman–Crippen MR) is 131 cm³/mol. The van der Waals surface area contributed by atoms with Crippen molar-refractivity contribution in [3.8, 4) is 5.75 Å². The summed E-state index contributed by atoms with van der Waals surface area (Å²) in [4.78, 5) is 41.2. The summed E-state index contributed by atoms with van der Waals surface area (Å²) in [5.74, 6) is -1.10. The van der Waals surface area contributed by atoms with E-state index in [2.05, 4.69) is 4.99 Å². The number of hydrogen-bond donors (Lipinski definition) is 4. The first-order valence-electron chi connectivity index (χ1n) is 11.4. The highest BCUT2D eigenvalue weighted by Crippen LogP contribution is 2.18. The summed E-state index contributed by atoms with van der Waals surface area (Å²) in [5.41, 5.74) is 14.7. The van der Waals surface area contributed by atoms with E-state index in [-0.39, 0.29) is 43.5 Å². The first kappa shape index (κ1) is 27.1. The summed E-state index contributed by atoms with van der Waals surface area (Å²) in [6.07, 6.45) is 3.13. The molecular weight excluding hydrogens is 452 g/mol. The number of guanidine groups is 1. The number of hydrogen-bond acceptors (Lipinski definition) is 6. The highest BCUT2D eigenvalue weighted by Gasteiger charge is 2.27. The molecule has 0 spiro atoms. The number of amides is 2. The molecular formula is C24H32N6O5. The summed E-state index contributed by atoms with van der Waals surface area (Å²) in [7, 11) is 0. The van der Waals surface area contributed by atoms with Crippen LogP contribution in [0.5, 0.6) is 5.75 Å².